The average molecular weight is 352 g/mol. The van der Waals surface area contributed by atoms with E-state index in [0.29, 0.717) is 10.8 Å². The first-order valence-corrected chi connectivity index (χ1v) is 8.73. The molecule has 0 aliphatic rings. The minimum Gasteiger partial charge on any atom is -0.206 e. The number of aryl methyl sites for hydroxylation is 1. The van der Waals surface area contributed by atoms with Gasteiger partial charge in [0.2, 0.25) is 10.0 Å². The molecule has 0 saturated carbocycles. The molecule has 1 N–H and O–H groups in total. The minimum absolute atomic E-state index is 0.321. The number of sulfonamides is 1. The van der Waals surface area contributed by atoms with Crippen LogP contribution in [0.1, 0.15) is 10.4 Å². The molecule has 0 fully saturated rings. The Kier molecular flexibility index (Phi) is 4.04. The van der Waals surface area contributed by atoms with Crippen molar-refractivity contribution in [3.63, 3.8) is 0 Å². The predicted molar refractivity (Wildman–Crippen MR) is 75.1 cm³/mol. The number of halogens is 1. The monoisotopic (exact) mass is 351 g/mol. The molecule has 17 heavy (non-hydrogen) atoms. The fourth-order valence-corrected chi connectivity index (χ4v) is 4.80. The molecule has 7 heteroatoms. The topological polar surface area (TPSA) is 46.2 Å². The first-order valence-electron chi connectivity index (χ1n) is 4.76. The molecule has 0 spiro atoms. The van der Waals surface area contributed by atoms with Gasteiger partial charge in [0.05, 0.1) is 3.79 Å². The zero-order valence-corrected chi connectivity index (χ0v) is 13.0. The maximum Gasteiger partial charge on any atom is 0.250 e. The van der Waals surface area contributed by atoms with Crippen molar-refractivity contribution in [3.8, 4) is 0 Å². The number of nitrogens with one attached hydrogen (secondary N) is 1. The summed E-state index contributed by atoms with van der Waals surface area (Å²) in [5.41, 5.74) is 0.957. The Morgan fingerprint density at radius 3 is 2.71 bits per heavy atom. The number of hydrogen-bond acceptors (Lipinski definition) is 4. The van der Waals surface area contributed by atoms with E-state index in [1.807, 2.05) is 18.4 Å². The van der Waals surface area contributed by atoms with Crippen molar-refractivity contribution >= 4 is 48.6 Å². The lowest BCUT2D eigenvalue weighted by molar-refractivity contribution is 0.583. The van der Waals surface area contributed by atoms with E-state index in [1.165, 1.54) is 22.7 Å². The molecule has 92 valence electrons. The molecule has 0 aliphatic heterocycles. The average Bonchev–Trinajstić information content (AvgIpc) is 2.85. The van der Waals surface area contributed by atoms with Crippen molar-refractivity contribution in [2.75, 3.05) is 0 Å². The quantitative estimate of drug-likeness (QED) is 0.917. The largest absolute Gasteiger partial charge is 0.250 e. The lowest BCUT2D eigenvalue weighted by atomic mass is 10.4. The number of rotatable bonds is 4. The third-order valence-electron chi connectivity index (χ3n) is 2.07. The maximum absolute atomic E-state index is 11.9. The van der Waals surface area contributed by atoms with Crippen LogP contribution in [0.4, 0.5) is 0 Å². The van der Waals surface area contributed by atoms with Gasteiger partial charge in [0.1, 0.15) is 4.21 Å². The van der Waals surface area contributed by atoms with Gasteiger partial charge in [-0.2, -0.15) is 0 Å². The molecule has 0 saturated heterocycles. The molecular formula is C10H10BrNO2S3. The summed E-state index contributed by atoms with van der Waals surface area (Å²) < 4.78 is 27.8. The Morgan fingerprint density at radius 1 is 1.41 bits per heavy atom. The summed E-state index contributed by atoms with van der Waals surface area (Å²) in [6, 6.07) is 5.35. The SMILES string of the molecule is Cc1ccc(S(=O)(=O)NCc2csc(Br)c2)s1. The Morgan fingerprint density at radius 2 is 2.18 bits per heavy atom. The molecule has 2 rings (SSSR count). The van der Waals surface area contributed by atoms with Gasteiger partial charge in [0.15, 0.2) is 0 Å². The standard InChI is InChI=1S/C10H10BrNO2S3/c1-7-2-3-10(16-7)17(13,14)12-5-8-4-9(11)15-6-8/h2-4,6,12H,5H2,1H3. The van der Waals surface area contributed by atoms with E-state index in [-0.39, 0.29) is 0 Å². The molecule has 0 bridgehead atoms. The molecule has 0 aliphatic carbocycles. The van der Waals surface area contributed by atoms with Crippen molar-refractivity contribution in [3.05, 3.63) is 37.8 Å². The summed E-state index contributed by atoms with van der Waals surface area (Å²) in [4.78, 5) is 0.989. The van der Waals surface area contributed by atoms with Crippen molar-refractivity contribution in [1.29, 1.82) is 0 Å². The fraction of sp³-hybridized carbons (Fsp3) is 0.200. The highest BCUT2D eigenvalue weighted by Gasteiger charge is 2.15. The van der Waals surface area contributed by atoms with Gasteiger partial charge in [0, 0.05) is 11.4 Å². The highest BCUT2D eigenvalue weighted by molar-refractivity contribution is 9.11. The summed E-state index contributed by atoms with van der Waals surface area (Å²) >= 11 is 6.16. The van der Waals surface area contributed by atoms with Crippen LogP contribution >= 0.6 is 38.6 Å². The zero-order valence-electron chi connectivity index (χ0n) is 8.94. The maximum atomic E-state index is 11.9. The van der Waals surface area contributed by atoms with E-state index in [9.17, 15) is 8.42 Å². The van der Waals surface area contributed by atoms with Crippen molar-refractivity contribution in [2.24, 2.45) is 0 Å². The molecule has 2 heterocycles. The van der Waals surface area contributed by atoms with E-state index in [1.54, 1.807) is 12.1 Å². The second-order valence-corrected chi connectivity index (χ2v) is 9.02. The predicted octanol–water partition coefficient (Wildman–Crippen LogP) is 3.36. The summed E-state index contributed by atoms with van der Waals surface area (Å²) in [7, 11) is -3.37. The third kappa shape index (κ3) is 3.38. The van der Waals surface area contributed by atoms with Crippen LogP contribution in [0.2, 0.25) is 0 Å². The molecule has 0 unspecified atom stereocenters. The van der Waals surface area contributed by atoms with Crippen LogP contribution in [0, 0.1) is 6.92 Å². The molecule has 3 nitrogen and oxygen atoms in total. The van der Waals surface area contributed by atoms with Gasteiger partial charge in [0.25, 0.3) is 0 Å². The second kappa shape index (κ2) is 5.19. The first kappa shape index (κ1) is 13.2. The van der Waals surface area contributed by atoms with Crippen LogP contribution in [-0.4, -0.2) is 8.42 Å². The van der Waals surface area contributed by atoms with E-state index >= 15 is 0 Å². The van der Waals surface area contributed by atoms with Gasteiger partial charge in [-0.15, -0.1) is 22.7 Å². The molecule has 2 aromatic heterocycles. The number of thiophene rings is 2. The lowest BCUT2D eigenvalue weighted by Gasteiger charge is -2.02. The Balaban J connectivity index is 2.08. The van der Waals surface area contributed by atoms with Crippen LogP contribution in [0.25, 0.3) is 0 Å². The molecule has 0 aromatic carbocycles. The minimum atomic E-state index is -3.37. The normalized spacial score (nSPS) is 11.9. The Bertz CT molecular complexity index is 615. The van der Waals surface area contributed by atoms with E-state index < -0.39 is 10.0 Å². The van der Waals surface area contributed by atoms with Crippen LogP contribution in [0.15, 0.2) is 31.6 Å². The van der Waals surface area contributed by atoms with Crippen LogP contribution < -0.4 is 4.72 Å². The van der Waals surface area contributed by atoms with Gasteiger partial charge < -0.3 is 0 Å². The summed E-state index contributed by atoms with van der Waals surface area (Å²) in [6.07, 6.45) is 0. The van der Waals surface area contributed by atoms with Crippen molar-refractivity contribution < 1.29 is 8.42 Å². The van der Waals surface area contributed by atoms with Crippen molar-refractivity contribution in [1.82, 2.24) is 4.72 Å². The van der Waals surface area contributed by atoms with Gasteiger partial charge >= 0.3 is 0 Å². The first-order chi connectivity index (χ1) is 7.97. The summed E-state index contributed by atoms with van der Waals surface area (Å²) in [5.74, 6) is 0. The highest BCUT2D eigenvalue weighted by Crippen LogP contribution is 2.23. The van der Waals surface area contributed by atoms with Gasteiger partial charge in [-0.3, -0.25) is 0 Å². The number of hydrogen-bond donors (Lipinski definition) is 1. The molecule has 0 amide bonds. The fourth-order valence-electron chi connectivity index (χ4n) is 1.24. The molecule has 0 radical (unpaired) electrons. The van der Waals surface area contributed by atoms with Gasteiger partial charge in [-0.05, 0) is 52.0 Å². The van der Waals surface area contributed by atoms with Gasteiger partial charge in [-0.1, -0.05) is 0 Å². The molecular weight excluding hydrogens is 342 g/mol. The Hall–Kier alpha value is -0.210. The van der Waals surface area contributed by atoms with Crippen LogP contribution in [0.3, 0.4) is 0 Å². The molecule has 0 atom stereocenters. The lowest BCUT2D eigenvalue weighted by Crippen LogP contribution is -2.22. The van der Waals surface area contributed by atoms with Gasteiger partial charge in [-0.25, -0.2) is 13.1 Å². The van der Waals surface area contributed by atoms with Crippen LogP contribution in [0.5, 0.6) is 0 Å². The molecule has 2 aromatic rings. The smallest absolute Gasteiger partial charge is 0.206 e. The van der Waals surface area contributed by atoms with E-state index in [2.05, 4.69) is 20.7 Å². The van der Waals surface area contributed by atoms with Crippen molar-refractivity contribution in [2.45, 2.75) is 17.7 Å². The van der Waals surface area contributed by atoms with E-state index in [0.717, 1.165) is 14.2 Å². The highest BCUT2D eigenvalue weighted by atomic mass is 79.9. The van der Waals surface area contributed by atoms with E-state index in [4.69, 9.17) is 0 Å². The Labute approximate surface area is 117 Å². The van der Waals surface area contributed by atoms with Crippen LogP contribution in [-0.2, 0) is 16.6 Å². The zero-order chi connectivity index (χ0) is 12.5. The summed E-state index contributed by atoms with van der Waals surface area (Å²) in [5, 5.41) is 1.92. The second-order valence-electron chi connectivity index (χ2n) is 3.45. The summed E-state index contributed by atoms with van der Waals surface area (Å²) in [6.45, 7) is 2.21. The third-order valence-corrected chi connectivity index (χ3v) is 6.52.